The Morgan fingerprint density at radius 1 is 1.14 bits per heavy atom. The molecule has 1 aromatic rings. The van der Waals surface area contributed by atoms with Crippen molar-refractivity contribution < 1.29 is 35.1 Å². The Morgan fingerprint density at radius 3 is 2.18 bits per heavy atom. The van der Waals surface area contributed by atoms with E-state index in [0.29, 0.717) is 23.6 Å². The Morgan fingerprint density at radius 2 is 1.73 bits per heavy atom. The topological polar surface area (TPSA) is 148 Å². The second-order valence-electron chi connectivity index (χ2n) is 5.03. The van der Waals surface area contributed by atoms with E-state index in [4.69, 9.17) is 13.5 Å². The van der Waals surface area contributed by atoms with Crippen LogP contribution >= 0.6 is 0 Å². The maximum Gasteiger partial charge on any atom is 0.329 e. The predicted molar refractivity (Wildman–Crippen MR) is 74.0 cm³/mol. The highest BCUT2D eigenvalue weighted by molar-refractivity contribution is 7.88. The van der Waals surface area contributed by atoms with E-state index in [1.54, 1.807) is 0 Å². The summed E-state index contributed by atoms with van der Waals surface area (Å²) in [4.78, 5) is -1.11. The third-order valence-corrected chi connectivity index (χ3v) is 5.15. The normalized spacial score (nSPS) is 18.5. The summed E-state index contributed by atoms with van der Waals surface area (Å²) in [7, 11) is -9.93. The van der Waals surface area contributed by atoms with Gasteiger partial charge in [-0.05, 0) is 12.8 Å². The van der Waals surface area contributed by atoms with Gasteiger partial charge in [0.05, 0.1) is 0 Å². The third kappa shape index (κ3) is 3.85. The van der Waals surface area contributed by atoms with Gasteiger partial charge in [-0.25, -0.2) is 4.74 Å². The van der Waals surface area contributed by atoms with Gasteiger partial charge in [-0.3, -0.25) is 9.11 Å². The average Bonchev–Trinajstić information content (AvgIpc) is 2.83. The van der Waals surface area contributed by atoms with E-state index in [2.05, 4.69) is 0 Å². The van der Waals surface area contributed by atoms with Crippen LogP contribution in [-0.4, -0.2) is 42.9 Å². The first-order chi connectivity index (χ1) is 10.1. The molecular weight excluding hydrogens is 338 g/mol. The van der Waals surface area contributed by atoms with Crippen molar-refractivity contribution >= 4 is 26.5 Å². The molecule has 0 aliphatic heterocycles. The van der Waals surface area contributed by atoms with Gasteiger partial charge in [-0.2, -0.15) is 16.8 Å². The van der Waals surface area contributed by atoms with Crippen LogP contribution in [0.25, 0.3) is 0 Å². The molecule has 0 radical (unpaired) electrons. The lowest BCUT2D eigenvalue weighted by atomic mass is 9.96. The first kappa shape index (κ1) is 16.9. The maximum atomic E-state index is 12.0. The third-order valence-electron chi connectivity index (χ3n) is 3.39. The highest BCUT2D eigenvalue weighted by Crippen LogP contribution is 2.25. The van der Waals surface area contributed by atoms with Crippen LogP contribution in [0.4, 0.5) is 0 Å². The van der Waals surface area contributed by atoms with Gasteiger partial charge in [-0.15, -0.1) is 0 Å². The number of hydrogen-bond acceptors (Lipinski definition) is 6. The zero-order chi connectivity index (χ0) is 16.5. The lowest BCUT2D eigenvalue weighted by molar-refractivity contribution is -0.501. The van der Waals surface area contributed by atoms with E-state index in [0.717, 1.165) is 25.5 Å². The van der Waals surface area contributed by atoms with Crippen LogP contribution in [0.2, 0.25) is 0 Å². The van der Waals surface area contributed by atoms with Gasteiger partial charge in [0.25, 0.3) is 15.2 Å². The first-order valence-electron chi connectivity index (χ1n) is 6.48. The van der Waals surface area contributed by atoms with E-state index in [1.807, 2.05) is 0 Å². The van der Waals surface area contributed by atoms with E-state index < -0.39 is 30.2 Å². The van der Waals surface area contributed by atoms with Crippen molar-refractivity contribution in [3.05, 3.63) is 17.0 Å². The molecule has 1 fully saturated rings. The fourth-order valence-electron chi connectivity index (χ4n) is 2.36. The molecule has 22 heavy (non-hydrogen) atoms. The Kier molecular flexibility index (Phi) is 4.61. The Labute approximate surface area is 127 Å². The minimum atomic E-state index is -5.00. The fourth-order valence-corrected chi connectivity index (χ4v) is 4.03. The number of nitrogens with zero attached hydrogens (tertiary/aromatic N) is 1. The minimum Gasteiger partial charge on any atom is -0.624 e. The van der Waals surface area contributed by atoms with Crippen LogP contribution in [0.1, 0.15) is 37.9 Å². The lowest BCUT2D eigenvalue weighted by Gasteiger charge is -2.20. The fraction of sp³-hybridized carbons (Fsp3) is 0.545. The van der Waals surface area contributed by atoms with Crippen LogP contribution in [0.15, 0.2) is 20.5 Å². The molecule has 9 nitrogen and oxygen atoms in total. The maximum absolute atomic E-state index is 12.0. The van der Waals surface area contributed by atoms with Gasteiger partial charge in [-0.1, -0.05) is 6.42 Å². The van der Waals surface area contributed by atoms with Crippen molar-refractivity contribution in [3.63, 3.8) is 0 Å². The molecule has 11 heteroatoms. The second-order valence-corrected chi connectivity index (χ2v) is 7.74. The monoisotopic (exact) mass is 353 g/mol. The van der Waals surface area contributed by atoms with Crippen molar-refractivity contribution in [3.8, 4) is 0 Å². The lowest BCUT2D eigenvalue weighted by Crippen LogP contribution is -2.25. The SMILES string of the molecule is O=S(=O)(O)c1cc(C=[N+]([O-])C2CCCCC2)oc1S(=O)(=O)O. The average molecular weight is 353 g/mol. The van der Waals surface area contributed by atoms with Gasteiger partial charge >= 0.3 is 10.1 Å². The molecule has 2 N–H and O–H groups in total. The summed E-state index contributed by atoms with van der Waals surface area (Å²) >= 11 is 0. The van der Waals surface area contributed by atoms with E-state index in [-0.39, 0.29) is 11.8 Å². The summed E-state index contributed by atoms with van der Waals surface area (Å²) in [5.41, 5.74) is 0. The quantitative estimate of drug-likeness (QED) is 0.268. The van der Waals surface area contributed by atoms with Gasteiger partial charge in [0.2, 0.25) is 6.21 Å². The first-order valence-corrected chi connectivity index (χ1v) is 9.36. The standard InChI is InChI=1S/C11H15NO8S2/c13-12(8-4-2-1-3-5-8)7-9-6-10(21(14,15)16)11(20-9)22(17,18)19/h6-8H,1-5H2,(H,14,15,16)(H,17,18,19). The Hall–Kier alpha value is -1.43. The van der Waals surface area contributed by atoms with Gasteiger partial charge in [0.15, 0.2) is 16.7 Å². The summed E-state index contributed by atoms with van der Waals surface area (Å²) in [6.45, 7) is 0. The highest BCUT2D eigenvalue weighted by atomic mass is 32.2. The minimum absolute atomic E-state index is 0.304. The molecule has 1 aliphatic rings. The molecule has 124 valence electrons. The summed E-state index contributed by atoms with van der Waals surface area (Å²) in [5.74, 6) is -0.388. The predicted octanol–water partition coefficient (Wildman–Crippen LogP) is 1.03. The molecule has 0 atom stereocenters. The molecule has 1 aliphatic carbocycles. The van der Waals surface area contributed by atoms with Crippen molar-refractivity contribution in [1.82, 2.24) is 0 Å². The molecule has 0 amide bonds. The van der Waals surface area contributed by atoms with Gasteiger partial charge in [0, 0.05) is 18.9 Å². The summed E-state index contributed by atoms with van der Waals surface area (Å²) < 4.78 is 67.5. The van der Waals surface area contributed by atoms with Crippen molar-refractivity contribution in [2.75, 3.05) is 0 Å². The van der Waals surface area contributed by atoms with Gasteiger partial charge in [0.1, 0.15) is 0 Å². The molecule has 0 aromatic carbocycles. The van der Waals surface area contributed by atoms with Gasteiger partial charge < -0.3 is 9.62 Å². The summed E-state index contributed by atoms with van der Waals surface area (Å²) in [6.07, 6.45) is 5.04. The second kappa shape index (κ2) is 5.99. The zero-order valence-electron chi connectivity index (χ0n) is 11.4. The van der Waals surface area contributed by atoms with E-state index in [1.165, 1.54) is 0 Å². The molecule has 1 saturated carbocycles. The van der Waals surface area contributed by atoms with Crippen LogP contribution in [-0.2, 0) is 20.2 Å². The highest BCUT2D eigenvalue weighted by Gasteiger charge is 2.30. The van der Waals surface area contributed by atoms with Crippen LogP contribution < -0.4 is 0 Å². The number of hydroxylamine groups is 1. The molecule has 2 rings (SSSR count). The largest absolute Gasteiger partial charge is 0.624 e. The van der Waals surface area contributed by atoms with Crippen molar-refractivity contribution in [1.29, 1.82) is 0 Å². The zero-order valence-corrected chi connectivity index (χ0v) is 13.0. The Balaban J connectivity index is 2.43. The van der Waals surface area contributed by atoms with E-state index >= 15 is 0 Å². The van der Waals surface area contributed by atoms with E-state index in [9.17, 15) is 22.0 Å². The number of rotatable bonds is 4. The van der Waals surface area contributed by atoms with Crippen molar-refractivity contribution in [2.45, 2.75) is 48.1 Å². The number of furan rings is 1. The molecule has 1 heterocycles. The molecular formula is C11H15NO8S2. The Bertz CT molecular complexity index is 735. The van der Waals surface area contributed by atoms with Crippen LogP contribution in [0.3, 0.4) is 0 Å². The molecule has 0 saturated heterocycles. The van der Waals surface area contributed by atoms with Crippen molar-refractivity contribution in [2.24, 2.45) is 0 Å². The van der Waals surface area contributed by atoms with Crippen LogP contribution in [0, 0.1) is 5.21 Å². The smallest absolute Gasteiger partial charge is 0.329 e. The van der Waals surface area contributed by atoms with Crippen LogP contribution in [0.5, 0.6) is 0 Å². The molecule has 0 bridgehead atoms. The summed E-state index contributed by atoms with van der Waals surface area (Å²) in [6, 6.07) is 0.369. The molecule has 0 spiro atoms. The molecule has 1 aromatic heterocycles. The number of hydrogen-bond donors (Lipinski definition) is 2. The molecule has 0 unspecified atom stereocenters. The summed E-state index contributed by atoms with van der Waals surface area (Å²) in [5, 5.41) is 10.6.